The smallest absolute Gasteiger partial charge is 0.326 e. The topological polar surface area (TPSA) is 519 Å². The number of hydrogen-bond acceptors (Lipinski definition) is 18. The molecule has 0 radical (unpaired) electrons. The summed E-state index contributed by atoms with van der Waals surface area (Å²) in [6.45, 7) is -1.07. The molecule has 12 atom stereocenters. The molecule has 3 aliphatic heterocycles. The van der Waals surface area contributed by atoms with E-state index in [1.807, 2.05) is 0 Å². The molecule has 2 aromatic heterocycles. The number of amides is 12. The Kier molecular flexibility index (Phi) is 24.4. The highest BCUT2D eigenvalue weighted by Gasteiger charge is 2.44. The van der Waals surface area contributed by atoms with E-state index in [0.29, 0.717) is 34.1 Å². The average Bonchev–Trinajstić information content (AvgIpc) is 1.63. The number of aromatic nitrogens is 3. The molecule has 7 rings (SSSR count). The molecule has 0 bridgehead atoms. The van der Waals surface area contributed by atoms with E-state index >= 15 is 0 Å². The van der Waals surface area contributed by atoms with E-state index < -0.39 is 175 Å². The van der Waals surface area contributed by atoms with Gasteiger partial charge in [-0.1, -0.05) is 48.5 Å². The van der Waals surface area contributed by atoms with Crippen LogP contribution < -0.4 is 54.4 Å². The molecule has 3 saturated heterocycles. The van der Waals surface area contributed by atoms with E-state index in [1.54, 1.807) is 60.8 Å². The highest BCUT2D eigenvalue weighted by Crippen LogP contribution is 2.24. The number of benzene rings is 2. The van der Waals surface area contributed by atoms with Gasteiger partial charge in [-0.15, -0.1) is 0 Å². The maximum absolute atomic E-state index is 14.7. The number of primary amides is 2. The van der Waals surface area contributed by atoms with Crippen LogP contribution >= 0.6 is 0 Å². The number of carboxylic acid groups (broad SMARTS) is 1. The Bertz CT molecular complexity index is 3350. The van der Waals surface area contributed by atoms with Crippen LogP contribution in [0, 0.1) is 0 Å². The van der Waals surface area contributed by atoms with E-state index in [1.165, 1.54) is 12.5 Å². The fourth-order valence-corrected chi connectivity index (χ4v) is 11.5. The molecule has 4 aromatic rings. The Labute approximate surface area is 526 Å². The van der Waals surface area contributed by atoms with Crippen LogP contribution in [-0.2, 0) is 81.6 Å². The van der Waals surface area contributed by atoms with Gasteiger partial charge in [0.15, 0.2) is 0 Å². The first-order chi connectivity index (χ1) is 43.9. The van der Waals surface area contributed by atoms with Crippen molar-refractivity contribution in [1.29, 1.82) is 0 Å². The molecule has 92 heavy (non-hydrogen) atoms. The maximum atomic E-state index is 14.7. The van der Waals surface area contributed by atoms with Gasteiger partial charge in [0.2, 0.25) is 70.9 Å². The van der Waals surface area contributed by atoms with Gasteiger partial charge in [-0.05, 0) is 69.1 Å². The molecule has 2 aromatic carbocycles. The minimum absolute atomic E-state index is 0.0146. The first-order valence-corrected chi connectivity index (χ1v) is 29.9. The molecule has 19 N–H and O–H groups in total. The summed E-state index contributed by atoms with van der Waals surface area (Å²) < 4.78 is 0. The standard InChI is InChI=1S/C59H78N16O17/c1-30(78)48(72-52(84)41(27-76)70-54(86)44-15-8-18-74(44)56(88)39(23-46(61)79)68-49(81)35(60)20-31-10-3-2-4-11-31)55(87)69-40(24-47(62)80)57(89)73-17-7-14-43(73)53(85)67-37(21-32-25-64-36-13-6-5-12-34(32)36)50(82)66-38(22-33-26-63-29-65-33)51(83)71-42(28-77)58(90)75-19-9-16-45(75)59(91)92/h2-6,10-13,25-26,29-30,35,37-45,48,64,76-78H,7-9,14-24,27-28,60H2,1H3,(H2,61,79)(H2,62,80)(H,63,65)(H,66,82)(H,67,85)(H,68,81)(H,69,87)(H,70,86)(H,71,83)(H,72,84)(H,91,92)/t30-,35+,37+,38+,39+,40+,41+,42+,43+,44+,45+,48+/m1/s1. The molecule has 5 heterocycles. The van der Waals surface area contributed by atoms with Gasteiger partial charge in [0.05, 0.1) is 44.5 Å². The fraction of sp³-hybridized carbons (Fsp3) is 0.492. The number of rotatable bonds is 31. The molecule has 496 valence electrons. The second-order valence-electron chi connectivity index (χ2n) is 22.8. The molecule has 3 aliphatic rings. The summed E-state index contributed by atoms with van der Waals surface area (Å²) in [6, 6.07) is -1.12. The number of likely N-dealkylation sites (tertiary alicyclic amines) is 3. The zero-order valence-electron chi connectivity index (χ0n) is 50.3. The maximum Gasteiger partial charge on any atom is 0.326 e. The van der Waals surface area contributed by atoms with Crippen molar-refractivity contribution in [3.05, 3.63) is 90.1 Å². The molecular weight excluding hydrogens is 1200 g/mol. The number of H-pyrrole nitrogens is 2. The molecule has 33 nitrogen and oxygen atoms in total. The average molecular weight is 1280 g/mol. The molecule has 0 aliphatic carbocycles. The van der Waals surface area contributed by atoms with Crippen LogP contribution in [0.3, 0.4) is 0 Å². The van der Waals surface area contributed by atoms with E-state index in [2.05, 4.69) is 52.2 Å². The second kappa shape index (κ2) is 32.2. The number of aromatic amines is 2. The summed E-state index contributed by atoms with van der Waals surface area (Å²) in [5.41, 5.74) is 19.4. The number of carboxylic acids is 1. The van der Waals surface area contributed by atoms with Crippen molar-refractivity contribution in [2.45, 2.75) is 150 Å². The summed E-state index contributed by atoms with van der Waals surface area (Å²) in [7, 11) is 0. The van der Waals surface area contributed by atoms with Gasteiger partial charge in [0.1, 0.15) is 60.4 Å². The number of carbonyl (C=O) groups excluding carboxylic acids is 12. The lowest BCUT2D eigenvalue weighted by molar-refractivity contribution is -0.150. The minimum Gasteiger partial charge on any atom is -0.480 e. The van der Waals surface area contributed by atoms with Gasteiger partial charge in [-0.25, -0.2) is 9.78 Å². The van der Waals surface area contributed by atoms with Gasteiger partial charge in [-0.3, -0.25) is 57.5 Å². The summed E-state index contributed by atoms with van der Waals surface area (Å²) >= 11 is 0. The second-order valence-corrected chi connectivity index (χ2v) is 22.8. The Morgan fingerprint density at radius 3 is 1.58 bits per heavy atom. The quantitative estimate of drug-likeness (QED) is 0.0223. The van der Waals surface area contributed by atoms with Gasteiger partial charge in [-0.2, -0.15) is 0 Å². The molecule has 0 spiro atoms. The number of aliphatic hydroxyl groups excluding tert-OH is 3. The molecule has 0 unspecified atom stereocenters. The largest absolute Gasteiger partial charge is 0.480 e. The lowest BCUT2D eigenvalue weighted by atomic mass is 10.0. The third-order valence-electron chi connectivity index (χ3n) is 16.2. The van der Waals surface area contributed by atoms with Gasteiger partial charge in [0.25, 0.3) is 0 Å². The molecule has 3 fully saturated rings. The predicted octanol–water partition coefficient (Wildman–Crippen LogP) is -6.19. The van der Waals surface area contributed by atoms with E-state index in [9.17, 15) is 82.8 Å². The molecule has 12 amide bonds. The number of aliphatic hydroxyl groups is 3. The molecule has 0 saturated carbocycles. The zero-order valence-corrected chi connectivity index (χ0v) is 50.3. The van der Waals surface area contributed by atoms with Crippen molar-refractivity contribution in [3.8, 4) is 0 Å². The Hall–Kier alpha value is -9.86. The Morgan fingerprint density at radius 2 is 1.04 bits per heavy atom. The van der Waals surface area contributed by atoms with Crippen LogP contribution in [0.5, 0.6) is 0 Å². The first-order valence-electron chi connectivity index (χ1n) is 29.9. The summed E-state index contributed by atoms with van der Waals surface area (Å²) in [5.74, 6) is -13.2. The number of hydrogen-bond donors (Lipinski definition) is 16. The van der Waals surface area contributed by atoms with Crippen LogP contribution in [-0.4, -0.2) is 232 Å². The van der Waals surface area contributed by atoms with Gasteiger partial charge < -0.3 is 99.5 Å². The van der Waals surface area contributed by atoms with Gasteiger partial charge >= 0.3 is 5.97 Å². The highest BCUT2D eigenvalue weighted by atomic mass is 16.4. The number of fused-ring (bicyclic) bond motifs is 1. The number of para-hydroxylation sites is 1. The first kappa shape index (κ1) is 69.6. The number of imidazole rings is 1. The number of carbonyl (C=O) groups is 13. The SMILES string of the molecule is C[C@@H](O)[C@H](NC(=O)[C@H](CO)NC(=O)[C@@H]1CCCN1C(=O)[C@H](CC(N)=O)NC(=O)[C@@H](N)Cc1ccccc1)C(=O)N[C@@H](CC(N)=O)C(=O)N1CCC[C@H]1C(=O)N[C@@H](Cc1c[nH]c2ccccc12)C(=O)N[C@@H](Cc1cnc[nH]1)C(=O)N[C@@H](CO)C(=O)N1CCC[C@H]1C(=O)O. The zero-order chi connectivity index (χ0) is 66.9. The normalized spacial score (nSPS) is 19.2. The van der Waals surface area contributed by atoms with Crippen LogP contribution in [0.2, 0.25) is 0 Å². The summed E-state index contributed by atoms with van der Waals surface area (Å²) in [6.07, 6.45) is 1.54. The van der Waals surface area contributed by atoms with Gasteiger partial charge in [0, 0.05) is 61.5 Å². The summed E-state index contributed by atoms with van der Waals surface area (Å²) in [5, 5.41) is 59.0. The monoisotopic (exact) mass is 1280 g/mol. The van der Waals surface area contributed by atoms with E-state index in [0.717, 1.165) is 21.6 Å². The van der Waals surface area contributed by atoms with Crippen molar-refractivity contribution in [3.63, 3.8) is 0 Å². The fourth-order valence-electron chi connectivity index (χ4n) is 11.5. The molecule has 33 heteroatoms. The molecular formula is C59H78N16O17. The number of nitrogens with one attached hydrogen (secondary N) is 9. The van der Waals surface area contributed by atoms with Crippen LogP contribution in [0.4, 0.5) is 0 Å². The van der Waals surface area contributed by atoms with Crippen molar-refractivity contribution < 1.29 is 82.8 Å². The Balaban J connectivity index is 1.03. The highest BCUT2D eigenvalue weighted by molar-refractivity contribution is 6.01. The number of nitrogens with two attached hydrogens (primary N) is 3. The predicted molar refractivity (Wildman–Crippen MR) is 321 cm³/mol. The van der Waals surface area contributed by atoms with Crippen molar-refractivity contribution >= 4 is 87.8 Å². The lowest BCUT2D eigenvalue weighted by Crippen LogP contribution is -2.62. The number of nitrogens with zero attached hydrogens (tertiary/aromatic N) is 4. The summed E-state index contributed by atoms with van der Waals surface area (Å²) in [4.78, 5) is 190. The van der Waals surface area contributed by atoms with Crippen molar-refractivity contribution in [1.82, 2.24) is 66.9 Å². The van der Waals surface area contributed by atoms with Crippen LogP contribution in [0.1, 0.15) is 75.1 Å². The van der Waals surface area contributed by atoms with Crippen molar-refractivity contribution in [2.24, 2.45) is 17.2 Å². The third kappa shape index (κ3) is 18.0. The lowest BCUT2D eigenvalue weighted by Gasteiger charge is -2.31. The Morgan fingerprint density at radius 1 is 0.565 bits per heavy atom. The van der Waals surface area contributed by atoms with E-state index in [4.69, 9.17) is 17.2 Å². The third-order valence-corrected chi connectivity index (χ3v) is 16.2. The van der Waals surface area contributed by atoms with Crippen LogP contribution in [0.25, 0.3) is 10.9 Å². The van der Waals surface area contributed by atoms with Crippen molar-refractivity contribution in [2.75, 3.05) is 32.8 Å². The minimum atomic E-state index is -1.96. The van der Waals surface area contributed by atoms with Crippen LogP contribution in [0.15, 0.2) is 73.3 Å². The number of aliphatic carboxylic acids is 1. The van der Waals surface area contributed by atoms with E-state index in [-0.39, 0.29) is 71.0 Å².